The number of likely N-dealkylation sites (tertiary alicyclic amines) is 1. The van der Waals surface area contributed by atoms with Gasteiger partial charge >= 0.3 is 12.1 Å². The maximum atomic E-state index is 14.2. The van der Waals surface area contributed by atoms with Crippen molar-refractivity contribution in [2.24, 2.45) is 0 Å². The van der Waals surface area contributed by atoms with Crippen molar-refractivity contribution in [3.63, 3.8) is 0 Å². The summed E-state index contributed by atoms with van der Waals surface area (Å²) >= 11 is 0. The summed E-state index contributed by atoms with van der Waals surface area (Å²) in [7, 11) is 3.48. The SMILES string of the molecule is CN(C)C(=O)N1CC2(CCN(C3CCCCC(NC(=O)OCCF)C3)CC2)c2cc(F)ccc21. The molecule has 3 amide bonds. The van der Waals surface area contributed by atoms with E-state index >= 15 is 0 Å². The molecule has 2 atom stereocenters. The van der Waals surface area contributed by atoms with Crippen molar-refractivity contribution < 1.29 is 23.1 Å². The highest BCUT2D eigenvalue weighted by molar-refractivity contribution is 5.95. The smallest absolute Gasteiger partial charge is 0.407 e. The molecule has 1 saturated carbocycles. The van der Waals surface area contributed by atoms with Crippen molar-refractivity contribution in [2.75, 3.05) is 51.9 Å². The van der Waals surface area contributed by atoms with E-state index in [0.717, 1.165) is 69.3 Å². The third-order valence-corrected chi connectivity index (χ3v) is 7.70. The molecule has 1 N–H and O–H groups in total. The molecule has 2 fully saturated rings. The van der Waals surface area contributed by atoms with Crippen LogP contribution < -0.4 is 10.2 Å². The van der Waals surface area contributed by atoms with Gasteiger partial charge in [-0.2, -0.15) is 0 Å². The first kappa shape index (κ1) is 24.7. The number of amides is 3. The summed E-state index contributed by atoms with van der Waals surface area (Å²) in [5, 5.41) is 2.91. The number of halogens is 2. The van der Waals surface area contributed by atoms with Crippen LogP contribution in [0.3, 0.4) is 0 Å². The normalized spacial score (nSPS) is 24.4. The third-order valence-electron chi connectivity index (χ3n) is 7.70. The third kappa shape index (κ3) is 5.14. The van der Waals surface area contributed by atoms with Gasteiger partial charge in [-0.05, 0) is 69.0 Å². The largest absolute Gasteiger partial charge is 0.447 e. The number of alkyl carbamates (subject to hydrolysis) is 1. The number of anilines is 1. The zero-order valence-corrected chi connectivity index (χ0v) is 20.2. The Balaban J connectivity index is 1.43. The summed E-state index contributed by atoms with van der Waals surface area (Å²) in [4.78, 5) is 30.6. The van der Waals surface area contributed by atoms with Gasteiger partial charge < -0.3 is 19.9 Å². The number of urea groups is 1. The lowest BCUT2D eigenvalue weighted by molar-refractivity contribution is 0.102. The van der Waals surface area contributed by atoms with Crippen LogP contribution in [0.4, 0.5) is 24.1 Å². The molecule has 1 saturated heterocycles. The number of alkyl halides is 1. The second-order valence-corrected chi connectivity index (χ2v) is 10.1. The number of fused-ring (bicyclic) bond motifs is 2. The van der Waals surface area contributed by atoms with Crippen LogP contribution in [0.1, 0.15) is 50.5 Å². The maximum Gasteiger partial charge on any atom is 0.407 e. The predicted octanol–water partition coefficient (Wildman–Crippen LogP) is 4.06. The molecule has 0 radical (unpaired) electrons. The van der Waals surface area contributed by atoms with Gasteiger partial charge in [0.1, 0.15) is 19.1 Å². The second-order valence-electron chi connectivity index (χ2n) is 10.1. The highest BCUT2D eigenvalue weighted by Gasteiger charge is 2.47. The Kier molecular flexibility index (Phi) is 7.60. The molecule has 9 heteroatoms. The number of nitrogens with zero attached hydrogens (tertiary/aromatic N) is 3. The van der Waals surface area contributed by atoms with Gasteiger partial charge in [-0.15, -0.1) is 0 Å². The molecule has 1 aromatic rings. The number of hydrogen-bond donors (Lipinski definition) is 1. The average Bonchev–Trinajstić information content (AvgIpc) is 2.96. The first-order valence-electron chi connectivity index (χ1n) is 12.3. The van der Waals surface area contributed by atoms with Crippen LogP contribution in [0.2, 0.25) is 0 Å². The summed E-state index contributed by atoms with van der Waals surface area (Å²) in [5.41, 5.74) is 1.52. The molecular formula is C25H36F2N4O3. The Morgan fingerprint density at radius 2 is 1.94 bits per heavy atom. The number of ether oxygens (including phenoxy) is 1. The molecule has 4 rings (SSSR count). The van der Waals surface area contributed by atoms with Crippen LogP contribution in [-0.2, 0) is 10.2 Å². The van der Waals surface area contributed by atoms with E-state index in [2.05, 4.69) is 10.2 Å². The standard InChI is InChI=1S/C25H36F2N4O3/c1-29(2)24(33)31-17-25(21-15-18(27)7-8-22(21)31)9-12-30(13-10-25)20-6-4-3-5-19(16-20)28-23(32)34-14-11-26/h7-8,15,19-20H,3-6,9-14,16-17H2,1-2H3,(H,28,32). The maximum absolute atomic E-state index is 14.2. The van der Waals surface area contributed by atoms with Crippen LogP contribution in [0.25, 0.3) is 0 Å². The lowest BCUT2D eigenvalue weighted by Gasteiger charge is -2.43. The minimum Gasteiger partial charge on any atom is -0.447 e. The van der Waals surface area contributed by atoms with Crippen LogP contribution in [0.15, 0.2) is 18.2 Å². The van der Waals surface area contributed by atoms with E-state index < -0.39 is 12.8 Å². The first-order chi connectivity index (χ1) is 16.3. The topological polar surface area (TPSA) is 65.1 Å². The van der Waals surface area contributed by atoms with Gasteiger partial charge in [0.25, 0.3) is 0 Å². The fourth-order valence-electron chi connectivity index (χ4n) is 5.94. The molecule has 0 aromatic heterocycles. The van der Waals surface area contributed by atoms with E-state index in [1.807, 2.05) is 0 Å². The van der Waals surface area contributed by atoms with Crippen molar-refractivity contribution in [3.05, 3.63) is 29.6 Å². The van der Waals surface area contributed by atoms with E-state index in [0.29, 0.717) is 12.6 Å². The Labute approximate surface area is 200 Å². The molecular weight excluding hydrogens is 442 g/mol. The summed E-state index contributed by atoms with van der Waals surface area (Å²) in [6.07, 6.45) is 6.11. The molecule has 2 aliphatic heterocycles. The monoisotopic (exact) mass is 478 g/mol. The van der Waals surface area contributed by atoms with Gasteiger partial charge in [-0.25, -0.2) is 18.4 Å². The fraction of sp³-hybridized carbons (Fsp3) is 0.680. The van der Waals surface area contributed by atoms with Gasteiger partial charge in [-0.1, -0.05) is 12.8 Å². The van der Waals surface area contributed by atoms with Gasteiger partial charge in [0.2, 0.25) is 0 Å². The molecule has 7 nitrogen and oxygen atoms in total. The van der Waals surface area contributed by atoms with Crippen LogP contribution in [0.5, 0.6) is 0 Å². The van der Waals surface area contributed by atoms with Gasteiger partial charge in [0.05, 0.1) is 0 Å². The summed E-state index contributed by atoms with van der Waals surface area (Å²) in [5.74, 6) is -0.267. The lowest BCUT2D eigenvalue weighted by atomic mass is 9.74. The number of carbonyl (C=O) groups is 2. The molecule has 3 aliphatic rings. The minimum absolute atomic E-state index is 0.0185. The highest BCUT2D eigenvalue weighted by Crippen LogP contribution is 2.48. The molecule has 2 unspecified atom stereocenters. The van der Waals surface area contributed by atoms with Gasteiger partial charge in [0, 0.05) is 43.8 Å². The van der Waals surface area contributed by atoms with Crippen LogP contribution >= 0.6 is 0 Å². The van der Waals surface area contributed by atoms with E-state index in [-0.39, 0.29) is 29.9 Å². The molecule has 1 aliphatic carbocycles. The second kappa shape index (κ2) is 10.5. The Hall–Kier alpha value is -2.42. The van der Waals surface area contributed by atoms with Crippen molar-refractivity contribution in [1.82, 2.24) is 15.1 Å². The molecule has 0 bridgehead atoms. The molecule has 188 valence electrons. The van der Waals surface area contributed by atoms with E-state index in [4.69, 9.17) is 4.74 Å². The van der Waals surface area contributed by atoms with Crippen molar-refractivity contribution in [1.29, 1.82) is 0 Å². The summed E-state index contributed by atoms with van der Waals surface area (Å²) in [6, 6.07) is 5.06. The zero-order valence-electron chi connectivity index (χ0n) is 20.2. The van der Waals surface area contributed by atoms with E-state index in [1.54, 1.807) is 36.0 Å². The number of piperidine rings is 1. The molecule has 1 spiro atoms. The van der Waals surface area contributed by atoms with Crippen molar-refractivity contribution in [2.45, 2.75) is 62.4 Å². The van der Waals surface area contributed by atoms with Crippen molar-refractivity contribution >= 4 is 17.8 Å². The first-order valence-corrected chi connectivity index (χ1v) is 12.3. The van der Waals surface area contributed by atoms with Gasteiger partial charge in [-0.3, -0.25) is 4.90 Å². The van der Waals surface area contributed by atoms with Crippen LogP contribution in [0, 0.1) is 5.82 Å². The van der Waals surface area contributed by atoms with Crippen molar-refractivity contribution in [3.8, 4) is 0 Å². The summed E-state index contributed by atoms with van der Waals surface area (Å²) < 4.78 is 31.4. The Morgan fingerprint density at radius 1 is 1.21 bits per heavy atom. The number of carbonyl (C=O) groups excluding carboxylic acids is 2. The Bertz CT molecular complexity index is 889. The number of hydrogen-bond acceptors (Lipinski definition) is 4. The average molecular weight is 479 g/mol. The number of rotatable bonds is 4. The summed E-state index contributed by atoms with van der Waals surface area (Å²) in [6.45, 7) is 1.41. The minimum atomic E-state index is -0.680. The molecule has 34 heavy (non-hydrogen) atoms. The quantitative estimate of drug-likeness (QED) is 0.663. The van der Waals surface area contributed by atoms with Gasteiger partial charge in [0.15, 0.2) is 0 Å². The van der Waals surface area contributed by atoms with E-state index in [1.165, 1.54) is 6.07 Å². The highest BCUT2D eigenvalue weighted by atomic mass is 19.1. The lowest BCUT2D eigenvalue weighted by Crippen LogP contribution is -2.51. The fourth-order valence-corrected chi connectivity index (χ4v) is 5.94. The van der Waals surface area contributed by atoms with Crippen LogP contribution in [-0.4, -0.2) is 81.0 Å². The zero-order chi connectivity index (χ0) is 24.3. The van der Waals surface area contributed by atoms with E-state index in [9.17, 15) is 18.4 Å². The molecule has 2 heterocycles. The Morgan fingerprint density at radius 3 is 2.65 bits per heavy atom. The predicted molar refractivity (Wildman–Crippen MR) is 126 cm³/mol. The number of benzene rings is 1. The molecule has 1 aromatic carbocycles. The number of nitrogens with one attached hydrogen (secondary N) is 1.